The van der Waals surface area contributed by atoms with Crippen molar-refractivity contribution >= 4 is 17.4 Å². The normalized spacial score (nSPS) is 18.0. The number of allylic oxidation sites excluding steroid dienone is 1. The fourth-order valence-corrected chi connectivity index (χ4v) is 5.47. The lowest BCUT2D eigenvalue weighted by atomic mass is 9.69. The van der Waals surface area contributed by atoms with E-state index in [1.807, 2.05) is 0 Å². The van der Waals surface area contributed by atoms with Gasteiger partial charge in [0.05, 0.1) is 11.8 Å². The minimum absolute atomic E-state index is 0.0332. The number of benzene rings is 3. The van der Waals surface area contributed by atoms with E-state index in [1.165, 1.54) is 24.3 Å². The molecular weight excluding hydrogens is 561 g/mol. The molecule has 10 nitrogen and oxygen atoms in total. The lowest BCUT2D eigenvalue weighted by molar-refractivity contribution is -0.120. The number of aliphatic hydroxyl groups is 1. The van der Waals surface area contributed by atoms with Crippen molar-refractivity contribution in [1.82, 2.24) is 0 Å². The third kappa shape index (κ3) is 4.81. The van der Waals surface area contributed by atoms with Crippen molar-refractivity contribution in [2.24, 2.45) is 0 Å². The third-order valence-corrected chi connectivity index (χ3v) is 7.38. The highest BCUT2D eigenvalue weighted by molar-refractivity contribution is 6.12. The highest BCUT2D eigenvalue weighted by Gasteiger charge is 2.55. The van der Waals surface area contributed by atoms with E-state index >= 15 is 4.39 Å². The Kier molecular flexibility index (Phi) is 7.41. The van der Waals surface area contributed by atoms with Crippen molar-refractivity contribution in [1.29, 1.82) is 0 Å². The molecule has 222 valence electrons. The van der Waals surface area contributed by atoms with Crippen LogP contribution < -0.4 is 33.7 Å². The Balaban J connectivity index is 1.62. The highest BCUT2D eigenvalue weighted by Crippen LogP contribution is 2.57. The van der Waals surface area contributed by atoms with E-state index in [0.29, 0.717) is 23.0 Å². The lowest BCUT2D eigenvalue weighted by Crippen LogP contribution is -2.38. The molecule has 3 aromatic rings. The van der Waals surface area contributed by atoms with Crippen LogP contribution in [0.2, 0.25) is 0 Å². The standard InChI is InChI=1S/C32H28FNO9/c1-3-6-18(35)14-38-24-12-28-26(40-16-42-28)10-21(24)32(20-8-5-9-23(33)30(20)34-31(32)37)22-11-27-29(43-17-41-27)13-25(22)39-15-19(36)7-4-2/h3-5,8-13,18,35H,1-2,6-7,14-17H2,(H,34,37)/t18-,32?/m1/s1. The Hall–Kier alpha value is -5.03. The lowest BCUT2D eigenvalue weighted by Gasteiger charge is -2.32. The molecular formula is C32H28FNO9. The van der Waals surface area contributed by atoms with Crippen LogP contribution >= 0.6 is 0 Å². The summed E-state index contributed by atoms with van der Waals surface area (Å²) in [6.45, 7) is 6.64. The summed E-state index contributed by atoms with van der Waals surface area (Å²) in [5.41, 5.74) is -1.09. The predicted octanol–water partition coefficient (Wildman–Crippen LogP) is 4.41. The van der Waals surface area contributed by atoms with E-state index in [9.17, 15) is 14.7 Å². The average molecular weight is 590 g/mol. The number of halogens is 1. The summed E-state index contributed by atoms with van der Waals surface area (Å²) in [5.74, 6) is 0.135. The molecule has 0 saturated heterocycles. The smallest absolute Gasteiger partial charge is 0.244 e. The number of nitrogens with one attached hydrogen (secondary N) is 1. The molecule has 0 spiro atoms. The molecule has 2 atom stereocenters. The first-order valence-electron chi connectivity index (χ1n) is 13.5. The maximum atomic E-state index is 15.3. The number of para-hydroxylation sites is 1. The molecule has 0 aliphatic carbocycles. The van der Waals surface area contributed by atoms with E-state index in [-0.39, 0.29) is 79.3 Å². The second kappa shape index (κ2) is 11.3. The van der Waals surface area contributed by atoms with Crippen LogP contribution in [-0.4, -0.2) is 49.7 Å². The fraction of sp³-hybridized carbons (Fsp3) is 0.250. The van der Waals surface area contributed by atoms with Crippen LogP contribution in [0.4, 0.5) is 10.1 Å². The third-order valence-electron chi connectivity index (χ3n) is 7.38. The minimum Gasteiger partial charge on any atom is -0.490 e. The van der Waals surface area contributed by atoms with Gasteiger partial charge in [0.25, 0.3) is 0 Å². The summed E-state index contributed by atoms with van der Waals surface area (Å²) in [7, 11) is 0. The molecule has 3 heterocycles. The minimum atomic E-state index is -1.81. The fourth-order valence-electron chi connectivity index (χ4n) is 5.47. The summed E-state index contributed by atoms with van der Waals surface area (Å²) in [6, 6.07) is 10.6. The number of Topliss-reactive ketones (excluding diaryl/α,β-unsaturated/α-hetero) is 1. The van der Waals surface area contributed by atoms with Gasteiger partial charge in [-0.15, -0.1) is 13.2 Å². The maximum absolute atomic E-state index is 15.3. The summed E-state index contributed by atoms with van der Waals surface area (Å²) in [5, 5.41) is 13.1. The molecule has 11 heteroatoms. The zero-order valence-electron chi connectivity index (χ0n) is 23.0. The molecule has 43 heavy (non-hydrogen) atoms. The molecule has 6 rings (SSSR count). The van der Waals surface area contributed by atoms with Gasteiger partial charge in [0.2, 0.25) is 19.5 Å². The molecule has 1 unspecified atom stereocenters. The first-order chi connectivity index (χ1) is 20.9. The summed E-state index contributed by atoms with van der Waals surface area (Å²) in [6.07, 6.45) is 2.47. The Bertz CT molecular complexity index is 1640. The van der Waals surface area contributed by atoms with Crippen LogP contribution in [0.3, 0.4) is 0 Å². The zero-order chi connectivity index (χ0) is 30.1. The Labute approximate surface area is 246 Å². The zero-order valence-corrected chi connectivity index (χ0v) is 23.0. The molecule has 0 saturated carbocycles. The Morgan fingerprint density at radius 2 is 1.56 bits per heavy atom. The number of amides is 1. The molecule has 3 aliphatic heterocycles. The summed E-state index contributed by atoms with van der Waals surface area (Å²) in [4.78, 5) is 26.9. The molecule has 0 fully saturated rings. The van der Waals surface area contributed by atoms with Crippen LogP contribution in [0.5, 0.6) is 34.5 Å². The summed E-state index contributed by atoms with van der Waals surface area (Å²) >= 11 is 0. The number of anilines is 1. The average Bonchev–Trinajstić information content (AvgIpc) is 3.72. The van der Waals surface area contributed by atoms with Crippen molar-refractivity contribution < 1.29 is 47.5 Å². The topological polar surface area (TPSA) is 122 Å². The van der Waals surface area contributed by atoms with Gasteiger partial charge < -0.3 is 38.8 Å². The van der Waals surface area contributed by atoms with Crippen LogP contribution in [0.1, 0.15) is 29.5 Å². The largest absolute Gasteiger partial charge is 0.490 e. The van der Waals surface area contributed by atoms with Crippen LogP contribution in [0.25, 0.3) is 0 Å². The second-order valence-corrected chi connectivity index (χ2v) is 10.1. The van der Waals surface area contributed by atoms with Gasteiger partial charge in [-0.1, -0.05) is 24.3 Å². The van der Waals surface area contributed by atoms with E-state index in [1.54, 1.807) is 30.3 Å². The number of fused-ring (bicyclic) bond motifs is 3. The van der Waals surface area contributed by atoms with Gasteiger partial charge in [0, 0.05) is 35.2 Å². The van der Waals surface area contributed by atoms with Crippen molar-refractivity contribution in [3.05, 3.63) is 90.3 Å². The van der Waals surface area contributed by atoms with E-state index < -0.39 is 23.2 Å². The molecule has 3 aliphatic rings. The first-order valence-corrected chi connectivity index (χ1v) is 13.5. The van der Waals surface area contributed by atoms with Crippen molar-refractivity contribution in [3.63, 3.8) is 0 Å². The second-order valence-electron chi connectivity index (χ2n) is 10.1. The monoisotopic (exact) mass is 589 g/mol. The van der Waals surface area contributed by atoms with Gasteiger partial charge in [-0.2, -0.15) is 0 Å². The number of rotatable bonds is 12. The summed E-state index contributed by atoms with van der Waals surface area (Å²) < 4.78 is 50.0. The molecule has 1 amide bonds. The number of ketones is 1. The number of carbonyl (C=O) groups is 2. The molecule has 0 radical (unpaired) electrons. The quantitative estimate of drug-likeness (QED) is 0.296. The number of carbonyl (C=O) groups excluding carboxylic acids is 2. The number of hydrogen-bond donors (Lipinski definition) is 2. The number of aliphatic hydroxyl groups excluding tert-OH is 1. The molecule has 2 N–H and O–H groups in total. The van der Waals surface area contributed by atoms with Gasteiger partial charge in [-0.25, -0.2) is 4.39 Å². The van der Waals surface area contributed by atoms with Gasteiger partial charge in [-0.05, 0) is 24.6 Å². The van der Waals surface area contributed by atoms with E-state index in [2.05, 4.69) is 18.5 Å². The van der Waals surface area contributed by atoms with Gasteiger partial charge >= 0.3 is 0 Å². The van der Waals surface area contributed by atoms with Crippen LogP contribution in [-0.2, 0) is 15.0 Å². The van der Waals surface area contributed by atoms with E-state index in [0.717, 1.165) is 0 Å². The Morgan fingerprint density at radius 1 is 0.953 bits per heavy atom. The maximum Gasteiger partial charge on any atom is 0.244 e. The van der Waals surface area contributed by atoms with Crippen molar-refractivity contribution in [2.45, 2.75) is 24.4 Å². The number of hydrogen-bond acceptors (Lipinski definition) is 9. The van der Waals surface area contributed by atoms with Crippen LogP contribution in [0, 0.1) is 5.82 Å². The van der Waals surface area contributed by atoms with Crippen molar-refractivity contribution in [2.75, 3.05) is 32.1 Å². The first kappa shape index (κ1) is 28.1. The van der Waals surface area contributed by atoms with Gasteiger partial charge in [-0.3, -0.25) is 9.59 Å². The Morgan fingerprint density at radius 3 is 2.16 bits per heavy atom. The van der Waals surface area contributed by atoms with Crippen LogP contribution in [0.15, 0.2) is 67.8 Å². The van der Waals surface area contributed by atoms with Crippen molar-refractivity contribution in [3.8, 4) is 34.5 Å². The molecule has 0 aromatic heterocycles. The van der Waals surface area contributed by atoms with E-state index in [4.69, 9.17) is 28.4 Å². The number of ether oxygens (including phenoxy) is 6. The van der Waals surface area contributed by atoms with Gasteiger partial charge in [0.1, 0.15) is 35.9 Å². The van der Waals surface area contributed by atoms with Gasteiger partial charge in [0.15, 0.2) is 28.8 Å². The SMILES string of the molecule is C=CCC(=O)COc1cc2c(cc1C1(c3cc4c(cc3OC[C@H](O)CC=C)OCO4)C(=O)Nc3c(F)cccc31)OCO2. The predicted molar refractivity (Wildman–Crippen MR) is 152 cm³/mol. The molecule has 0 bridgehead atoms. The molecule has 3 aromatic carbocycles. The highest BCUT2D eigenvalue weighted by atomic mass is 19.1.